The fraction of sp³-hybridized carbons (Fsp3) is 0.160. The van der Waals surface area contributed by atoms with Gasteiger partial charge in [0.05, 0.1) is 11.9 Å². The van der Waals surface area contributed by atoms with Crippen LogP contribution in [0, 0.1) is 0 Å². The maximum atomic E-state index is 12.3. The smallest absolute Gasteiger partial charge is 0.251 e. The summed E-state index contributed by atoms with van der Waals surface area (Å²) in [6.07, 6.45) is 4.71. The summed E-state index contributed by atoms with van der Waals surface area (Å²) in [7, 11) is 0. The van der Waals surface area contributed by atoms with Crippen molar-refractivity contribution in [2.75, 3.05) is 13.1 Å². The van der Waals surface area contributed by atoms with E-state index >= 15 is 0 Å². The molecular weight excluding hydrogens is 388 g/mol. The minimum absolute atomic E-state index is 0.0886. The van der Waals surface area contributed by atoms with Gasteiger partial charge in [-0.3, -0.25) is 9.59 Å². The third-order valence-electron chi connectivity index (χ3n) is 5.04. The summed E-state index contributed by atoms with van der Waals surface area (Å²) in [5, 5.41) is 12.2. The molecule has 0 radical (unpaired) electrons. The van der Waals surface area contributed by atoms with E-state index < -0.39 is 0 Å². The Morgan fingerprint density at radius 2 is 1.61 bits per heavy atom. The van der Waals surface area contributed by atoms with Gasteiger partial charge in [-0.1, -0.05) is 48.5 Å². The zero-order valence-corrected chi connectivity index (χ0v) is 17.1. The molecule has 156 valence electrons. The van der Waals surface area contributed by atoms with E-state index in [1.54, 1.807) is 6.07 Å². The van der Waals surface area contributed by atoms with Crippen LogP contribution in [0.3, 0.4) is 0 Å². The van der Waals surface area contributed by atoms with E-state index in [0.29, 0.717) is 25.1 Å². The van der Waals surface area contributed by atoms with Crippen molar-refractivity contribution in [3.63, 3.8) is 0 Å². The number of nitrogens with zero attached hydrogens (tertiary/aromatic N) is 2. The molecule has 6 heteroatoms. The van der Waals surface area contributed by atoms with E-state index in [2.05, 4.69) is 15.7 Å². The number of carbonyl (C=O) groups is 2. The number of rotatable bonds is 8. The minimum atomic E-state index is -0.174. The first kappa shape index (κ1) is 20.3. The molecule has 0 unspecified atom stereocenters. The summed E-state index contributed by atoms with van der Waals surface area (Å²) in [5.74, 6) is -0.263. The molecule has 1 aromatic heterocycles. The monoisotopic (exact) mass is 412 g/mol. The van der Waals surface area contributed by atoms with Crippen LogP contribution in [0.1, 0.15) is 22.3 Å². The van der Waals surface area contributed by atoms with Gasteiger partial charge in [0, 0.05) is 31.3 Å². The Morgan fingerprint density at radius 3 is 2.45 bits per heavy atom. The van der Waals surface area contributed by atoms with Gasteiger partial charge in [0.15, 0.2) is 0 Å². The predicted octanol–water partition coefficient (Wildman–Crippen LogP) is 3.50. The number of benzene rings is 3. The Labute approximate surface area is 180 Å². The van der Waals surface area contributed by atoms with Gasteiger partial charge in [0.25, 0.3) is 5.91 Å². The van der Waals surface area contributed by atoms with Gasteiger partial charge in [-0.25, -0.2) is 4.68 Å². The summed E-state index contributed by atoms with van der Waals surface area (Å²) in [5.41, 5.74) is 2.64. The molecule has 4 rings (SSSR count). The number of hydrogen-bond donors (Lipinski definition) is 2. The lowest BCUT2D eigenvalue weighted by Crippen LogP contribution is -2.31. The van der Waals surface area contributed by atoms with Crippen molar-refractivity contribution >= 4 is 22.6 Å². The van der Waals surface area contributed by atoms with Gasteiger partial charge in [-0.05, 0) is 47.0 Å². The van der Waals surface area contributed by atoms with Gasteiger partial charge in [0.1, 0.15) is 0 Å². The topological polar surface area (TPSA) is 76.0 Å². The Hall–Kier alpha value is -3.93. The number of amides is 2. The van der Waals surface area contributed by atoms with Crippen molar-refractivity contribution in [1.29, 1.82) is 0 Å². The van der Waals surface area contributed by atoms with Crippen LogP contribution < -0.4 is 10.6 Å². The Bertz CT molecular complexity index is 1180. The number of aromatic nitrogens is 2. The Morgan fingerprint density at radius 1 is 0.839 bits per heavy atom. The highest BCUT2D eigenvalue weighted by molar-refractivity contribution is 5.98. The van der Waals surface area contributed by atoms with Crippen LogP contribution in [0.4, 0.5) is 0 Å². The summed E-state index contributed by atoms with van der Waals surface area (Å²) in [4.78, 5) is 24.4. The molecule has 0 aliphatic carbocycles. The summed E-state index contributed by atoms with van der Waals surface area (Å²) in [6.45, 7) is 0.821. The molecule has 0 aliphatic heterocycles. The molecule has 3 aromatic carbocycles. The third-order valence-corrected chi connectivity index (χ3v) is 5.04. The molecule has 31 heavy (non-hydrogen) atoms. The second-order valence-electron chi connectivity index (χ2n) is 7.30. The highest BCUT2D eigenvalue weighted by atomic mass is 16.2. The van der Waals surface area contributed by atoms with Crippen molar-refractivity contribution in [2.24, 2.45) is 0 Å². The van der Waals surface area contributed by atoms with Crippen molar-refractivity contribution < 1.29 is 9.59 Å². The van der Waals surface area contributed by atoms with Crippen molar-refractivity contribution in [3.8, 4) is 5.69 Å². The Balaban J connectivity index is 1.18. The largest absolute Gasteiger partial charge is 0.356 e. The maximum Gasteiger partial charge on any atom is 0.251 e. The molecule has 0 spiro atoms. The normalized spacial score (nSPS) is 10.7. The fourth-order valence-corrected chi connectivity index (χ4v) is 3.37. The molecule has 2 amide bonds. The van der Waals surface area contributed by atoms with Gasteiger partial charge in [0.2, 0.25) is 5.91 Å². The molecular formula is C25H24N4O2. The van der Waals surface area contributed by atoms with Crippen LogP contribution in [-0.4, -0.2) is 34.7 Å². The number of hydrogen-bond acceptors (Lipinski definition) is 3. The Kier molecular flexibility index (Phi) is 6.38. The fourth-order valence-electron chi connectivity index (χ4n) is 3.37. The zero-order chi connectivity index (χ0) is 21.5. The average molecular weight is 412 g/mol. The molecule has 1 heterocycles. The minimum Gasteiger partial charge on any atom is -0.356 e. The molecule has 0 saturated carbocycles. The maximum absolute atomic E-state index is 12.3. The summed E-state index contributed by atoms with van der Waals surface area (Å²) in [6, 6.07) is 23.4. The standard InChI is InChI=1S/C25H24N4O2/c30-24(26-14-12-19-17-28-29(18-19)23-8-2-1-3-9-23)13-15-27-25(31)22-11-10-20-6-4-5-7-21(20)16-22/h1-11,16-18H,12-15H2,(H,26,30)(H,27,31). The third kappa shape index (κ3) is 5.36. The summed E-state index contributed by atoms with van der Waals surface area (Å²) < 4.78 is 1.82. The first-order chi connectivity index (χ1) is 15.2. The van der Waals surface area contributed by atoms with Gasteiger partial charge < -0.3 is 10.6 Å². The summed E-state index contributed by atoms with van der Waals surface area (Å²) >= 11 is 0. The first-order valence-corrected chi connectivity index (χ1v) is 10.3. The molecule has 0 bridgehead atoms. The molecule has 6 nitrogen and oxygen atoms in total. The van der Waals surface area contributed by atoms with Crippen LogP contribution in [0.15, 0.2) is 85.2 Å². The van der Waals surface area contributed by atoms with E-state index in [1.807, 2.05) is 83.8 Å². The number of fused-ring (bicyclic) bond motifs is 1. The number of para-hydroxylation sites is 1. The molecule has 0 atom stereocenters. The molecule has 0 aliphatic rings. The molecule has 2 N–H and O–H groups in total. The molecule has 4 aromatic rings. The lowest BCUT2D eigenvalue weighted by atomic mass is 10.1. The number of carbonyl (C=O) groups excluding carboxylic acids is 2. The van der Waals surface area contributed by atoms with Gasteiger partial charge in [-0.15, -0.1) is 0 Å². The highest BCUT2D eigenvalue weighted by Crippen LogP contribution is 2.15. The van der Waals surface area contributed by atoms with Crippen LogP contribution >= 0.6 is 0 Å². The highest BCUT2D eigenvalue weighted by Gasteiger charge is 2.08. The van der Waals surface area contributed by atoms with Gasteiger partial charge in [-0.2, -0.15) is 5.10 Å². The molecule has 0 fully saturated rings. The van der Waals surface area contributed by atoms with E-state index in [-0.39, 0.29) is 18.2 Å². The van der Waals surface area contributed by atoms with Crippen LogP contribution in [0.5, 0.6) is 0 Å². The van der Waals surface area contributed by atoms with Crippen molar-refractivity contribution in [1.82, 2.24) is 20.4 Å². The predicted molar refractivity (Wildman–Crippen MR) is 121 cm³/mol. The van der Waals surface area contributed by atoms with E-state index in [0.717, 1.165) is 22.0 Å². The second kappa shape index (κ2) is 9.71. The van der Waals surface area contributed by atoms with E-state index in [4.69, 9.17) is 0 Å². The second-order valence-corrected chi connectivity index (χ2v) is 7.30. The SMILES string of the molecule is O=C(CCNC(=O)c1ccc2ccccc2c1)NCCc1cnn(-c2ccccc2)c1. The van der Waals surface area contributed by atoms with Gasteiger partial charge >= 0.3 is 0 Å². The molecule has 0 saturated heterocycles. The quantitative estimate of drug-likeness (QED) is 0.465. The average Bonchev–Trinajstić information content (AvgIpc) is 3.28. The first-order valence-electron chi connectivity index (χ1n) is 10.3. The van der Waals surface area contributed by atoms with E-state index in [1.165, 1.54) is 0 Å². The van der Waals surface area contributed by atoms with Crippen LogP contribution in [-0.2, 0) is 11.2 Å². The lowest BCUT2D eigenvalue weighted by Gasteiger charge is -2.07. The lowest BCUT2D eigenvalue weighted by molar-refractivity contribution is -0.120. The zero-order valence-electron chi connectivity index (χ0n) is 17.1. The van der Waals surface area contributed by atoms with Crippen molar-refractivity contribution in [2.45, 2.75) is 12.8 Å². The van der Waals surface area contributed by atoms with Crippen molar-refractivity contribution in [3.05, 3.63) is 96.3 Å². The van der Waals surface area contributed by atoms with Crippen LogP contribution in [0.2, 0.25) is 0 Å². The number of nitrogens with one attached hydrogen (secondary N) is 2. The van der Waals surface area contributed by atoms with Crippen LogP contribution in [0.25, 0.3) is 16.5 Å². The van der Waals surface area contributed by atoms with E-state index in [9.17, 15) is 9.59 Å².